The van der Waals surface area contributed by atoms with E-state index in [2.05, 4.69) is 10.2 Å². The van der Waals surface area contributed by atoms with Crippen LogP contribution in [0.15, 0.2) is 24.3 Å². The molecule has 2 N–H and O–H groups in total. The van der Waals surface area contributed by atoms with Crippen LogP contribution in [0.1, 0.15) is 24.8 Å². The van der Waals surface area contributed by atoms with E-state index in [9.17, 15) is 18.0 Å². The smallest absolute Gasteiger partial charge is 0.318 e. The predicted octanol–water partition coefficient (Wildman–Crippen LogP) is 2.76. The van der Waals surface area contributed by atoms with Crippen LogP contribution in [0.3, 0.4) is 0 Å². The molecule has 1 heterocycles. The number of piperidine rings is 1. The molecule has 1 saturated heterocycles. The summed E-state index contributed by atoms with van der Waals surface area (Å²) in [6.45, 7) is 4.65. The van der Waals surface area contributed by atoms with Gasteiger partial charge < -0.3 is 15.5 Å². The first-order valence-electron chi connectivity index (χ1n) is 7.85. The topological polar surface area (TPSA) is 44.4 Å². The van der Waals surface area contributed by atoms with Gasteiger partial charge in [-0.25, -0.2) is 0 Å². The van der Waals surface area contributed by atoms with E-state index < -0.39 is 12.1 Å². The molecule has 0 spiro atoms. The van der Waals surface area contributed by atoms with Gasteiger partial charge in [0.2, 0.25) is 0 Å². The number of likely N-dealkylation sites (tertiary alicyclic amines) is 1. The largest absolute Gasteiger partial charge is 0.471 e. The van der Waals surface area contributed by atoms with E-state index in [-0.39, 0.29) is 5.69 Å². The molecule has 0 atom stereocenters. The van der Waals surface area contributed by atoms with Crippen LogP contribution >= 0.6 is 0 Å². The van der Waals surface area contributed by atoms with Crippen molar-refractivity contribution in [2.75, 3.05) is 31.5 Å². The highest BCUT2D eigenvalue weighted by molar-refractivity contribution is 5.94. The molecule has 0 saturated carbocycles. The maximum atomic E-state index is 12.2. The van der Waals surface area contributed by atoms with E-state index in [1.807, 2.05) is 11.4 Å². The van der Waals surface area contributed by atoms with E-state index in [1.54, 1.807) is 12.1 Å². The Morgan fingerprint density at radius 3 is 2.61 bits per heavy atom. The average molecular weight is 329 g/mol. The summed E-state index contributed by atoms with van der Waals surface area (Å²) in [6, 6.07) is 6.45. The van der Waals surface area contributed by atoms with Gasteiger partial charge in [-0.15, -0.1) is 0 Å². The van der Waals surface area contributed by atoms with Gasteiger partial charge in [0.15, 0.2) is 0 Å². The summed E-state index contributed by atoms with van der Waals surface area (Å²) < 4.78 is 36.7. The van der Waals surface area contributed by atoms with Crippen molar-refractivity contribution in [1.82, 2.24) is 10.2 Å². The number of amides is 1. The van der Waals surface area contributed by atoms with Crippen LogP contribution in [0.5, 0.6) is 0 Å². The Morgan fingerprint density at radius 1 is 1.17 bits per heavy atom. The summed E-state index contributed by atoms with van der Waals surface area (Å²) in [4.78, 5) is 13.3. The molecular weight excluding hydrogens is 307 g/mol. The molecule has 0 radical (unpaired) electrons. The summed E-state index contributed by atoms with van der Waals surface area (Å²) in [5.41, 5.74) is 0.992. The Morgan fingerprint density at radius 2 is 1.91 bits per heavy atom. The van der Waals surface area contributed by atoms with Gasteiger partial charge in [0.05, 0.1) is 0 Å². The predicted molar refractivity (Wildman–Crippen MR) is 83.1 cm³/mol. The molecule has 0 unspecified atom stereocenters. The van der Waals surface area contributed by atoms with Crippen LogP contribution < -0.4 is 10.6 Å². The first-order chi connectivity index (χ1) is 10.9. The molecule has 0 aliphatic carbocycles. The number of rotatable bonds is 6. The third-order valence-corrected chi connectivity index (χ3v) is 3.82. The Bertz CT molecular complexity index is 514. The number of halogens is 3. The maximum absolute atomic E-state index is 12.2. The second kappa shape index (κ2) is 8.31. The minimum absolute atomic E-state index is 0.155. The molecule has 0 aromatic heterocycles. The highest BCUT2D eigenvalue weighted by atomic mass is 19.4. The van der Waals surface area contributed by atoms with Gasteiger partial charge in [-0.3, -0.25) is 4.79 Å². The highest BCUT2D eigenvalue weighted by Gasteiger charge is 2.38. The minimum Gasteiger partial charge on any atom is -0.318 e. The SMILES string of the molecule is O=C(Nc1cccc(CNCCN2CCCCC2)c1)C(F)(F)F. The second-order valence-electron chi connectivity index (χ2n) is 5.73. The molecule has 23 heavy (non-hydrogen) atoms. The summed E-state index contributed by atoms with van der Waals surface area (Å²) in [5, 5.41) is 5.15. The number of hydrogen-bond acceptors (Lipinski definition) is 3. The first-order valence-corrected chi connectivity index (χ1v) is 7.85. The van der Waals surface area contributed by atoms with E-state index in [0.717, 1.165) is 31.7 Å². The fraction of sp³-hybridized carbons (Fsp3) is 0.562. The summed E-state index contributed by atoms with van der Waals surface area (Å²) in [6.07, 6.45) is -1.06. The average Bonchev–Trinajstić information content (AvgIpc) is 2.52. The Kier molecular flexibility index (Phi) is 6.41. The van der Waals surface area contributed by atoms with Gasteiger partial charge >= 0.3 is 12.1 Å². The highest BCUT2D eigenvalue weighted by Crippen LogP contribution is 2.18. The van der Waals surface area contributed by atoms with Gasteiger partial charge in [0.25, 0.3) is 0 Å². The lowest BCUT2D eigenvalue weighted by molar-refractivity contribution is -0.167. The Balaban J connectivity index is 1.75. The molecule has 2 rings (SSSR count). The van der Waals surface area contributed by atoms with Crippen molar-refractivity contribution in [2.45, 2.75) is 32.0 Å². The minimum atomic E-state index is -4.87. The van der Waals surface area contributed by atoms with Gasteiger partial charge in [0.1, 0.15) is 0 Å². The third kappa shape index (κ3) is 6.19. The zero-order valence-corrected chi connectivity index (χ0v) is 13.0. The first kappa shape index (κ1) is 17.7. The van der Waals surface area contributed by atoms with Gasteiger partial charge in [0, 0.05) is 25.3 Å². The normalized spacial score (nSPS) is 16.3. The van der Waals surface area contributed by atoms with Crippen molar-refractivity contribution in [1.29, 1.82) is 0 Å². The molecule has 0 bridgehead atoms. The number of benzene rings is 1. The summed E-state index contributed by atoms with van der Waals surface area (Å²) in [5.74, 6) is -1.95. The van der Waals surface area contributed by atoms with Crippen molar-refractivity contribution >= 4 is 11.6 Å². The van der Waals surface area contributed by atoms with E-state index in [1.165, 1.54) is 25.3 Å². The Labute approximate surface area is 134 Å². The molecule has 1 aliphatic heterocycles. The maximum Gasteiger partial charge on any atom is 0.471 e. The molecule has 1 fully saturated rings. The monoisotopic (exact) mass is 329 g/mol. The fourth-order valence-electron chi connectivity index (χ4n) is 2.61. The van der Waals surface area contributed by atoms with Crippen LogP contribution in [-0.2, 0) is 11.3 Å². The third-order valence-electron chi connectivity index (χ3n) is 3.82. The standard InChI is InChI=1S/C16H22F3N3O/c17-16(18,19)15(23)21-14-6-4-5-13(11-14)12-20-7-10-22-8-2-1-3-9-22/h4-6,11,20H,1-3,7-10,12H2,(H,21,23). The van der Waals surface area contributed by atoms with Crippen LogP contribution in [0.25, 0.3) is 0 Å². The van der Waals surface area contributed by atoms with Crippen LogP contribution in [0, 0.1) is 0 Å². The zero-order chi connectivity index (χ0) is 16.7. The molecule has 1 aliphatic rings. The van der Waals surface area contributed by atoms with Crippen molar-refractivity contribution in [2.24, 2.45) is 0 Å². The number of alkyl halides is 3. The number of nitrogens with one attached hydrogen (secondary N) is 2. The summed E-state index contributed by atoms with van der Waals surface area (Å²) in [7, 11) is 0. The van der Waals surface area contributed by atoms with Gasteiger partial charge in [-0.05, 0) is 43.6 Å². The molecule has 4 nitrogen and oxygen atoms in total. The Hall–Kier alpha value is -1.60. The van der Waals surface area contributed by atoms with E-state index in [4.69, 9.17) is 0 Å². The van der Waals surface area contributed by atoms with E-state index >= 15 is 0 Å². The quantitative estimate of drug-likeness (QED) is 0.789. The van der Waals surface area contributed by atoms with Gasteiger partial charge in [-0.2, -0.15) is 13.2 Å². The second-order valence-corrected chi connectivity index (χ2v) is 5.73. The van der Waals surface area contributed by atoms with Crippen LogP contribution in [0.2, 0.25) is 0 Å². The molecule has 1 aromatic rings. The molecule has 1 aromatic carbocycles. The van der Waals surface area contributed by atoms with Crippen molar-refractivity contribution in [3.63, 3.8) is 0 Å². The number of nitrogens with zero attached hydrogens (tertiary/aromatic N) is 1. The molecular formula is C16H22F3N3O. The van der Waals surface area contributed by atoms with Crippen LogP contribution in [0.4, 0.5) is 18.9 Å². The molecule has 128 valence electrons. The molecule has 7 heteroatoms. The molecule has 1 amide bonds. The van der Waals surface area contributed by atoms with E-state index in [0.29, 0.717) is 6.54 Å². The van der Waals surface area contributed by atoms with Crippen LogP contribution in [-0.4, -0.2) is 43.2 Å². The lowest BCUT2D eigenvalue weighted by Crippen LogP contribution is -2.35. The number of hydrogen-bond donors (Lipinski definition) is 2. The lowest BCUT2D eigenvalue weighted by Gasteiger charge is -2.26. The number of anilines is 1. The fourth-order valence-corrected chi connectivity index (χ4v) is 2.61. The zero-order valence-electron chi connectivity index (χ0n) is 13.0. The van der Waals surface area contributed by atoms with Crippen molar-refractivity contribution in [3.05, 3.63) is 29.8 Å². The summed E-state index contributed by atoms with van der Waals surface area (Å²) >= 11 is 0. The lowest BCUT2D eigenvalue weighted by atomic mass is 10.1. The van der Waals surface area contributed by atoms with Gasteiger partial charge in [-0.1, -0.05) is 18.6 Å². The number of carbonyl (C=O) groups excluding carboxylic acids is 1. The number of carbonyl (C=O) groups is 1. The van der Waals surface area contributed by atoms with Crippen molar-refractivity contribution < 1.29 is 18.0 Å². The van der Waals surface area contributed by atoms with Crippen molar-refractivity contribution in [3.8, 4) is 0 Å².